The summed E-state index contributed by atoms with van der Waals surface area (Å²) in [6.07, 6.45) is 0.403. The summed E-state index contributed by atoms with van der Waals surface area (Å²) in [5, 5.41) is 8.62. The average Bonchev–Trinajstić information content (AvgIpc) is 3.41. The van der Waals surface area contributed by atoms with E-state index in [2.05, 4.69) is 6.92 Å². The topological polar surface area (TPSA) is 214 Å². The first-order valence-corrected chi connectivity index (χ1v) is 28.0. The van der Waals surface area contributed by atoms with E-state index < -0.39 is 0 Å². The van der Waals surface area contributed by atoms with Crippen molar-refractivity contribution in [2.45, 2.75) is 131 Å². The Balaban J connectivity index is 3.52. The van der Waals surface area contributed by atoms with Crippen LogP contribution in [0, 0.1) is 0 Å². The molecule has 0 radical (unpaired) electrons. The monoisotopic (exact) mass is 1110 g/mol. The molecule has 0 bridgehead atoms. The molecule has 0 heterocycles. The van der Waals surface area contributed by atoms with E-state index in [0.29, 0.717) is 211 Å². The lowest BCUT2D eigenvalue weighted by Gasteiger charge is -2.23. The van der Waals surface area contributed by atoms with Gasteiger partial charge in [0.15, 0.2) is 0 Å². The first-order chi connectivity index (χ1) is 37.0. The highest BCUT2D eigenvalue weighted by atomic mass is 16.6. The zero-order chi connectivity index (χ0) is 55.8. The van der Waals surface area contributed by atoms with Crippen molar-refractivity contribution in [2.24, 2.45) is 0 Å². The zero-order valence-corrected chi connectivity index (χ0v) is 49.0. The van der Waals surface area contributed by atoms with Crippen LogP contribution in [-0.2, 0) is 99.5 Å². The molecule has 0 aromatic heterocycles. The molecule has 0 spiro atoms. The van der Waals surface area contributed by atoms with Gasteiger partial charge in [-0.25, -0.2) is 0 Å². The van der Waals surface area contributed by atoms with Gasteiger partial charge in [-0.1, -0.05) is 6.92 Å². The Morgan fingerprint density at radius 1 is 0.197 bits per heavy atom. The lowest BCUT2D eigenvalue weighted by Crippen LogP contribution is -2.30. The van der Waals surface area contributed by atoms with Crippen LogP contribution in [0.1, 0.15) is 75.7 Å². The maximum atomic E-state index is 8.62. The fourth-order valence-corrected chi connectivity index (χ4v) is 5.90. The number of hydrogen-bond acceptors (Lipinski definition) is 22. The molecule has 22 heteroatoms. The molecule has 22 nitrogen and oxygen atoms in total. The Bertz CT molecular complexity index is 1120. The molecule has 0 aliphatic heterocycles. The molecule has 0 aromatic carbocycles. The fourth-order valence-electron chi connectivity index (χ4n) is 5.90. The number of hydrogen-bond donors (Lipinski definition) is 1. The predicted octanol–water partition coefficient (Wildman–Crippen LogP) is 4.23. The van der Waals surface area contributed by atoms with Gasteiger partial charge in [-0.3, -0.25) is 0 Å². The third-order valence-electron chi connectivity index (χ3n) is 10.2. The standard InChI is InChI=1S/C54H110O22/c1-11-13-67-37-46(2)69-39-48(4)71-41-50(6)73-43-52(8)75-45-54(10)76-44-53(9)74-42-51(7)72-40-49(5)70-38-47(3)68-36-35-66-34-33-65-32-31-64-30-29-63-28-27-62-26-25-61-24-23-60-22-21-59-20-19-58-18-17-57-16-15-56-14-12-55/h46-55H,11-45H2,1-10H3. The minimum atomic E-state index is -0.0977. The van der Waals surface area contributed by atoms with Gasteiger partial charge in [-0.2, -0.15) is 0 Å². The molecule has 0 saturated carbocycles. The van der Waals surface area contributed by atoms with Crippen molar-refractivity contribution in [3.63, 3.8) is 0 Å². The van der Waals surface area contributed by atoms with E-state index in [0.717, 1.165) is 13.0 Å². The van der Waals surface area contributed by atoms with Crippen LogP contribution in [0.2, 0.25) is 0 Å². The summed E-state index contributed by atoms with van der Waals surface area (Å²) in [6, 6.07) is 0. The lowest BCUT2D eigenvalue weighted by atomic mass is 10.3. The summed E-state index contributed by atoms with van der Waals surface area (Å²) in [4.78, 5) is 0. The summed E-state index contributed by atoms with van der Waals surface area (Å²) in [6.45, 7) is 36.1. The van der Waals surface area contributed by atoms with Crippen LogP contribution in [0.5, 0.6) is 0 Å². The number of rotatable bonds is 64. The minimum Gasteiger partial charge on any atom is -0.394 e. The normalized spacial score (nSPS) is 15.7. The average molecular weight is 1110 g/mol. The second kappa shape index (κ2) is 58.8. The number of aliphatic hydroxyl groups is 1. The summed E-state index contributed by atoms with van der Waals surface area (Å²) >= 11 is 0. The van der Waals surface area contributed by atoms with Gasteiger partial charge in [-0.05, 0) is 68.7 Å². The zero-order valence-electron chi connectivity index (χ0n) is 49.0. The van der Waals surface area contributed by atoms with E-state index in [1.54, 1.807) is 0 Å². The van der Waals surface area contributed by atoms with Gasteiger partial charge in [0.25, 0.3) is 0 Å². The Hall–Kier alpha value is -0.880. The van der Waals surface area contributed by atoms with Crippen molar-refractivity contribution in [3.8, 4) is 0 Å². The van der Waals surface area contributed by atoms with Gasteiger partial charge >= 0.3 is 0 Å². The number of ether oxygens (including phenoxy) is 21. The van der Waals surface area contributed by atoms with E-state index in [-0.39, 0.29) is 61.5 Å². The van der Waals surface area contributed by atoms with E-state index in [1.165, 1.54) is 0 Å². The van der Waals surface area contributed by atoms with Crippen molar-refractivity contribution in [2.75, 3.05) is 225 Å². The van der Waals surface area contributed by atoms with Gasteiger partial charge in [-0.15, -0.1) is 0 Å². The smallest absolute Gasteiger partial charge is 0.0781 e. The van der Waals surface area contributed by atoms with Gasteiger partial charge < -0.3 is 105 Å². The van der Waals surface area contributed by atoms with Gasteiger partial charge in [0.1, 0.15) is 0 Å². The van der Waals surface area contributed by atoms with Gasteiger partial charge in [0.2, 0.25) is 0 Å². The van der Waals surface area contributed by atoms with Gasteiger partial charge in [0, 0.05) is 6.61 Å². The van der Waals surface area contributed by atoms with Crippen molar-refractivity contribution in [1.29, 1.82) is 0 Å². The van der Waals surface area contributed by atoms with Crippen molar-refractivity contribution < 1.29 is 105 Å². The molecule has 1 N–H and O–H groups in total. The molecule has 0 fully saturated rings. The quantitative estimate of drug-likeness (QED) is 0.0844. The SMILES string of the molecule is CCCOCC(C)OCC(C)OCC(C)OCC(C)OCC(C)OCC(C)OCC(C)OCC(C)OCC(C)OCCOCCOCCOCCOCCOCCOCCOCCOCCOCCOCCOCCO. The van der Waals surface area contributed by atoms with Gasteiger partial charge in [0.05, 0.1) is 273 Å². The molecule has 0 rings (SSSR count). The maximum absolute atomic E-state index is 8.62. The first-order valence-electron chi connectivity index (χ1n) is 28.0. The highest BCUT2D eigenvalue weighted by Crippen LogP contribution is 2.07. The molecule has 0 aliphatic rings. The second-order valence-corrected chi connectivity index (χ2v) is 18.4. The van der Waals surface area contributed by atoms with Crippen LogP contribution in [-0.4, -0.2) is 285 Å². The van der Waals surface area contributed by atoms with Crippen molar-refractivity contribution in [3.05, 3.63) is 0 Å². The molecule has 0 aromatic rings. The van der Waals surface area contributed by atoms with E-state index >= 15 is 0 Å². The Kier molecular flexibility index (Phi) is 58.1. The third-order valence-corrected chi connectivity index (χ3v) is 10.2. The van der Waals surface area contributed by atoms with Crippen LogP contribution in [0.4, 0.5) is 0 Å². The molecular formula is C54H110O22. The second-order valence-electron chi connectivity index (χ2n) is 18.4. The van der Waals surface area contributed by atoms with Crippen LogP contribution < -0.4 is 0 Å². The van der Waals surface area contributed by atoms with E-state index in [9.17, 15) is 0 Å². The number of aliphatic hydroxyl groups excluding tert-OH is 1. The van der Waals surface area contributed by atoms with Crippen LogP contribution in [0.25, 0.3) is 0 Å². The minimum absolute atomic E-state index is 0.0184. The molecule has 0 saturated heterocycles. The lowest BCUT2D eigenvalue weighted by molar-refractivity contribution is -0.112. The molecule has 458 valence electrons. The van der Waals surface area contributed by atoms with Crippen LogP contribution >= 0.6 is 0 Å². The molecule has 9 unspecified atom stereocenters. The van der Waals surface area contributed by atoms with E-state index in [1.807, 2.05) is 62.3 Å². The largest absolute Gasteiger partial charge is 0.394 e. The molecule has 76 heavy (non-hydrogen) atoms. The van der Waals surface area contributed by atoms with Crippen LogP contribution in [0.15, 0.2) is 0 Å². The molecule has 0 amide bonds. The van der Waals surface area contributed by atoms with Crippen LogP contribution in [0.3, 0.4) is 0 Å². The van der Waals surface area contributed by atoms with Crippen molar-refractivity contribution in [1.82, 2.24) is 0 Å². The molecule has 9 atom stereocenters. The Morgan fingerprint density at radius 2 is 0.368 bits per heavy atom. The third kappa shape index (κ3) is 57.8. The van der Waals surface area contributed by atoms with Crippen molar-refractivity contribution >= 4 is 0 Å². The predicted molar refractivity (Wildman–Crippen MR) is 286 cm³/mol. The fraction of sp³-hybridized carbons (Fsp3) is 1.00. The Labute approximate surface area is 458 Å². The highest BCUT2D eigenvalue weighted by Gasteiger charge is 2.16. The molecule has 0 aliphatic carbocycles. The first kappa shape index (κ1) is 75.1. The highest BCUT2D eigenvalue weighted by molar-refractivity contribution is 4.60. The summed E-state index contributed by atoms with van der Waals surface area (Å²) < 4.78 is 119. The summed E-state index contributed by atoms with van der Waals surface area (Å²) in [5.41, 5.74) is 0. The maximum Gasteiger partial charge on any atom is 0.0781 e. The summed E-state index contributed by atoms with van der Waals surface area (Å²) in [5.74, 6) is 0. The Morgan fingerprint density at radius 3 is 0.566 bits per heavy atom. The summed E-state index contributed by atoms with van der Waals surface area (Å²) in [7, 11) is 0. The van der Waals surface area contributed by atoms with E-state index in [4.69, 9.17) is 105 Å². The molecular weight excluding hydrogens is 1000 g/mol.